The lowest BCUT2D eigenvalue weighted by Crippen LogP contribution is -2.43. The normalized spacial score (nSPS) is 11.4. The van der Waals surface area contributed by atoms with Crippen molar-refractivity contribution in [2.75, 3.05) is 0 Å². The molecule has 13 nitrogen and oxygen atoms in total. The highest BCUT2D eigenvalue weighted by Gasteiger charge is 2.26. The Morgan fingerprint density at radius 3 is 2.44 bits per heavy atom. The van der Waals surface area contributed by atoms with E-state index in [1.807, 2.05) is 54.6 Å². The number of ketones is 1. The van der Waals surface area contributed by atoms with Crippen molar-refractivity contribution in [3.63, 3.8) is 0 Å². The van der Waals surface area contributed by atoms with Crippen molar-refractivity contribution in [1.82, 2.24) is 34.8 Å². The monoisotopic (exact) mass is 828 g/mol. The maximum Gasteiger partial charge on any atom is 0.335 e. The lowest BCUT2D eigenvalue weighted by atomic mass is 10.1. The minimum absolute atomic E-state index is 0.0750. The Kier molecular flexibility index (Phi) is 10.1. The van der Waals surface area contributed by atoms with Gasteiger partial charge < -0.3 is 10.1 Å². The minimum Gasteiger partial charge on any atom is -0.478 e. The topological polar surface area (TPSA) is 184 Å². The number of H-pyrrole nitrogens is 1. The average Bonchev–Trinajstić information content (AvgIpc) is 3.74. The Bertz CT molecular complexity index is 2890. The van der Waals surface area contributed by atoms with Gasteiger partial charge in [0.25, 0.3) is 10.7 Å². The van der Waals surface area contributed by atoms with E-state index in [1.165, 1.54) is 28.1 Å². The molecule has 0 atom stereocenters. The third-order valence-electron chi connectivity index (χ3n) is 8.95. The number of carboxylic acids is 1. The van der Waals surface area contributed by atoms with E-state index < -0.39 is 5.97 Å². The Labute approximate surface area is 328 Å². The van der Waals surface area contributed by atoms with Gasteiger partial charge in [0, 0.05) is 39.3 Å². The van der Waals surface area contributed by atoms with Crippen LogP contribution in [0.1, 0.15) is 44.7 Å². The van der Waals surface area contributed by atoms with E-state index in [4.69, 9.17) is 15.1 Å². The van der Waals surface area contributed by atoms with Crippen molar-refractivity contribution in [1.29, 1.82) is 5.26 Å². The number of aromatic carboxylic acids is 1. The molecule has 4 aromatic carbocycles. The quantitative estimate of drug-likeness (QED) is 0.0927. The Morgan fingerprint density at radius 2 is 1.60 bits per heavy atom. The van der Waals surface area contributed by atoms with E-state index in [2.05, 4.69) is 37.2 Å². The molecule has 0 radical (unpaired) electrons. The number of nitrogens with zero attached hydrogens (tertiary/aromatic N) is 8. The summed E-state index contributed by atoms with van der Waals surface area (Å²) in [7, 11) is 0. The van der Waals surface area contributed by atoms with Gasteiger partial charge in [-0.15, -0.1) is 10.2 Å². The molecule has 0 spiro atoms. The van der Waals surface area contributed by atoms with Crippen LogP contribution in [0.2, 0.25) is 0 Å². The average molecular weight is 830 g/mol. The molecule has 4 aromatic heterocycles. The van der Waals surface area contributed by atoms with Crippen LogP contribution >= 0.6 is 39.5 Å². The van der Waals surface area contributed by atoms with Crippen molar-refractivity contribution in [3.8, 4) is 6.07 Å². The van der Waals surface area contributed by atoms with Crippen LogP contribution in [0.15, 0.2) is 106 Å². The highest BCUT2D eigenvalue weighted by molar-refractivity contribution is 9.10. The number of hydrogen-bond donors (Lipinski definition) is 2. The summed E-state index contributed by atoms with van der Waals surface area (Å²) in [6.45, 7) is -0.124. The third-order valence-corrected chi connectivity index (χ3v) is 11.4. The number of rotatable bonds is 12. The fraction of sp³-hybridized carbons (Fsp3) is 0.128. The lowest BCUT2D eigenvalue weighted by Gasteiger charge is -2.06. The Balaban J connectivity index is 1.06. The molecule has 2 N–H and O–H groups in total. The summed E-state index contributed by atoms with van der Waals surface area (Å²) in [6.07, 6.45) is -0.184. The fourth-order valence-corrected chi connectivity index (χ4v) is 8.56. The zero-order chi connectivity index (χ0) is 38.1. The highest BCUT2D eigenvalue weighted by atomic mass is 79.9. The number of aromatic amines is 1. The van der Waals surface area contributed by atoms with Gasteiger partial charge in [0.1, 0.15) is 5.52 Å². The van der Waals surface area contributed by atoms with Crippen molar-refractivity contribution in [3.05, 3.63) is 118 Å². The van der Waals surface area contributed by atoms with Gasteiger partial charge in [-0.1, -0.05) is 98.7 Å². The standard InChI is InChI=1S/C39H26BrN9O4S2/c40-28-13-7-15-30-32(28)33-36(44-38(46-45-33)54-20-23-9-2-1-8-22(23)18-41)49(30)31(51)17-16-25(50)19-48-34-27-12-5-6-14-29(27)42-35(34)43-39(47-48)55-21-24-10-3-4-11-26(24)37(52)53/h1-15H,16-17,19-21H2,(H,52,53)/p+1. The number of carbonyl (C=O) groups excluding carboxylic acids is 2. The summed E-state index contributed by atoms with van der Waals surface area (Å²) in [5.41, 5.74) is 5.54. The molecule has 55 heavy (non-hydrogen) atoms. The molecule has 0 saturated heterocycles. The summed E-state index contributed by atoms with van der Waals surface area (Å²) in [6, 6.07) is 29.3. The molecule has 0 bridgehead atoms. The molecule has 0 aliphatic rings. The van der Waals surface area contributed by atoms with E-state index in [0.717, 1.165) is 20.9 Å². The number of hydrogen-bond acceptors (Lipinski definition) is 11. The van der Waals surface area contributed by atoms with Crippen LogP contribution in [0.5, 0.6) is 0 Å². The van der Waals surface area contributed by atoms with Gasteiger partial charge in [-0.25, -0.2) is 9.78 Å². The van der Waals surface area contributed by atoms with Crippen LogP contribution in [0, 0.1) is 11.3 Å². The predicted octanol–water partition coefficient (Wildman–Crippen LogP) is 7.30. The SMILES string of the molecule is N#Cc1ccccc1CSc1nnc2c3c(Br)cccc3n(C(=O)CCC(=O)C[n+]3nc(SCc4ccccc4C(=O)O)nc4[nH]c5ccccc5c43)c2n1. The van der Waals surface area contributed by atoms with Gasteiger partial charge in [-0.05, 0) is 47.5 Å². The first-order chi connectivity index (χ1) is 26.8. The number of halogens is 1. The first kappa shape index (κ1) is 36.0. The summed E-state index contributed by atoms with van der Waals surface area (Å²) in [4.78, 5) is 52.3. The van der Waals surface area contributed by atoms with Gasteiger partial charge in [0.2, 0.25) is 23.3 Å². The van der Waals surface area contributed by atoms with Gasteiger partial charge in [-0.2, -0.15) is 10.2 Å². The highest BCUT2D eigenvalue weighted by Crippen LogP contribution is 2.34. The second-order valence-electron chi connectivity index (χ2n) is 12.4. The fourth-order valence-electron chi connectivity index (χ4n) is 6.38. The van der Waals surface area contributed by atoms with E-state index >= 15 is 0 Å². The second kappa shape index (κ2) is 15.4. The number of fused-ring (bicyclic) bond motifs is 6. The van der Waals surface area contributed by atoms with Crippen LogP contribution in [0.3, 0.4) is 0 Å². The van der Waals surface area contributed by atoms with Gasteiger partial charge in [0.05, 0.1) is 33.6 Å². The number of para-hydroxylation sites is 1. The molecule has 16 heteroatoms. The lowest BCUT2D eigenvalue weighted by molar-refractivity contribution is -0.720. The summed E-state index contributed by atoms with van der Waals surface area (Å²) in [5.74, 6) is -0.844. The molecule has 0 unspecified atom stereocenters. The largest absolute Gasteiger partial charge is 0.478 e. The van der Waals surface area contributed by atoms with Crippen LogP contribution in [-0.2, 0) is 22.8 Å². The molecule has 0 fully saturated rings. The summed E-state index contributed by atoms with van der Waals surface area (Å²) >= 11 is 6.16. The van der Waals surface area contributed by atoms with E-state index in [1.54, 1.807) is 41.1 Å². The van der Waals surface area contributed by atoms with Gasteiger partial charge in [-0.3, -0.25) is 14.2 Å². The first-order valence-electron chi connectivity index (χ1n) is 16.9. The number of Topliss-reactive ketones (excluding diaryl/α,β-unsaturated/α-hetero) is 1. The van der Waals surface area contributed by atoms with Crippen molar-refractivity contribution < 1.29 is 24.2 Å². The molecule has 0 saturated carbocycles. The number of carbonyl (C=O) groups is 3. The van der Waals surface area contributed by atoms with E-state index in [-0.39, 0.29) is 36.6 Å². The number of nitriles is 1. The maximum absolute atomic E-state index is 14.1. The smallest absolute Gasteiger partial charge is 0.335 e. The van der Waals surface area contributed by atoms with Gasteiger partial charge in [0.15, 0.2) is 11.4 Å². The molecular weight excluding hydrogens is 803 g/mol. The number of thioether (sulfide) groups is 2. The van der Waals surface area contributed by atoms with Gasteiger partial charge >= 0.3 is 5.97 Å². The van der Waals surface area contributed by atoms with E-state index in [0.29, 0.717) is 66.2 Å². The van der Waals surface area contributed by atoms with Crippen LogP contribution in [0.4, 0.5) is 0 Å². The first-order valence-corrected chi connectivity index (χ1v) is 19.7. The van der Waals surface area contributed by atoms with Crippen LogP contribution < -0.4 is 4.68 Å². The number of benzene rings is 4. The zero-order valence-electron chi connectivity index (χ0n) is 28.6. The molecular formula is C39H27BrN9O4S2+. The molecule has 8 aromatic rings. The minimum atomic E-state index is -1.02. The van der Waals surface area contributed by atoms with Crippen molar-refractivity contribution in [2.24, 2.45) is 0 Å². The summed E-state index contributed by atoms with van der Waals surface area (Å²) < 4.78 is 3.81. The Hall–Kier alpha value is -6.02. The predicted molar refractivity (Wildman–Crippen MR) is 211 cm³/mol. The Morgan fingerprint density at radius 1 is 0.855 bits per heavy atom. The summed E-state index contributed by atoms with van der Waals surface area (Å²) in [5, 5.41) is 34.9. The second-order valence-corrected chi connectivity index (χ2v) is 15.1. The molecule has 0 amide bonds. The molecule has 0 aliphatic heterocycles. The van der Waals surface area contributed by atoms with Crippen molar-refractivity contribution in [2.45, 2.75) is 41.2 Å². The molecule has 4 heterocycles. The maximum atomic E-state index is 14.1. The number of aromatic nitrogens is 8. The molecule has 0 aliphatic carbocycles. The number of carboxylic acid groups (broad SMARTS) is 1. The molecule has 8 rings (SSSR count). The van der Waals surface area contributed by atoms with Crippen LogP contribution in [-0.4, -0.2) is 57.6 Å². The van der Waals surface area contributed by atoms with Crippen molar-refractivity contribution >= 4 is 101 Å². The van der Waals surface area contributed by atoms with Crippen LogP contribution in [0.25, 0.3) is 44.1 Å². The third kappa shape index (κ3) is 7.17. The van der Waals surface area contributed by atoms with E-state index in [9.17, 15) is 24.8 Å². The number of nitrogens with one attached hydrogen (secondary N) is 1. The zero-order valence-corrected chi connectivity index (χ0v) is 31.9. The molecule has 270 valence electrons.